The molecule has 6 nitrogen and oxygen atoms in total. The maximum Gasteiger partial charge on any atom is 0.338 e. The topological polar surface area (TPSA) is 103 Å². The fraction of sp³-hybridized carbons (Fsp3) is 0.174. The lowest BCUT2D eigenvalue weighted by molar-refractivity contribution is 0.0433. The fourth-order valence-corrected chi connectivity index (χ4v) is 3.05. The van der Waals surface area contributed by atoms with Gasteiger partial charge in [0.2, 0.25) is 0 Å². The standard InChI is InChI=1S/C23H21FN2O4/c24-21-14-26-7-6-16(21)12-22(28)17-4-5-19(13-25)20(11-17)15-2-1-3-18(10-15)23(29)30-9-8-27/h1-7,10-11,14,27H,8-9,12-13,25H2. The molecule has 0 saturated heterocycles. The molecule has 0 spiro atoms. The summed E-state index contributed by atoms with van der Waals surface area (Å²) in [6.45, 7) is -0.111. The molecule has 3 aromatic rings. The number of hydrogen-bond donors (Lipinski definition) is 2. The van der Waals surface area contributed by atoms with Crippen molar-refractivity contribution in [3.63, 3.8) is 0 Å². The average molecular weight is 408 g/mol. The van der Waals surface area contributed by atoms with Crippen LogP contribution in [0.1, 0.15) is 31.8 Å². The van der Waals surface area contributed by atoms with Gasteiger partial charge in [-0.1, -0.05) is 24.3 Å². The van der Waals surface area contributed by atoms with Gasteiger partial charge < -0.3 is 15.6 Å². The van der Waals surface area contributed by atoms with Crippen molar-refractivity contribution in [3.8, 4) is 11.1 Å². The molecular formula is C23H21FN2O4. The summed E-state index contributed by atoms with van der Waals surface area (Å²) < 4.78 is 18.8. The Morgan fingerprint density at radius 2 is 1.90 bits per heavy atom. The highest BCUT2D eigenvalue weighted by atomic mass is 19.1. The van der Waals surface area contributed by atoms with Gasteiger partial charge in [0.15, 0.2) is 5.78 Å². The van der Waals surface area contributed by atoms with Gasteiger partial charge in [0, 0.05) is 24.7 Å². The van der Waals surface area contributed by atoms with Gasteiger partial charge in [0.1, 0.15) is 12.4 Å². The monoisotopic (exact) mass is 408 g/mol. The number of benzene rings is 2. The summed E-state index contributed by atoms with van der Waals surface area (Å²) in [5, 5.41) is 8.82. The summed E-state index contributed by atoms with van der Waals surface area (Å²) in [6, 6.07) is 13.3. The molecule has 1 aromatic heterocycles. The van der Waals surface area contributed by atoms with E-state index >= 15 is 0 Å². The van der Waals surface area contributed by atoms with E-state index < -0.39 is 11.8 Å². The molecule has 2 aromatic carbocycles. The number of pyridine rings is 1. The smallest absolute Gasteiger partial charge is 0.338 e. The minimum absolute atomic E-state index is 0.0906. The highest BCUT2D eigenvalue weighted by molar-refractivity contribution is 5.99. The lowest BCUT2D eigenvalue weighted by atomic mass is 9.93. The van der Waals surface area contributed by atoms with E-state index in [2.05, 4.69) is 4.98 Å². The quantitative estimate of drug-likeness (QED) is 0.439. The SMILES string of the molecule is NCc1ccc(C(=O)Cc2ccncc2F)cc1-c1cccc(C(=O)OCCO)c1. The number of nitrogens with two attached hydrogens (primary N) is 1. The summed E-state index contributed by atoms with van der Waals surface area (Å²) in [4.78, 5) is 28.5. The molecular weight excluding hydrogens is 387 g/mol. The third-order valence-corrected chi connectivity index (χ3v) is 4.59. The lowest BCUT2D eigenvalue weighted by Crippen LogP contribution is -2.09. The van der Waals surface area contributed by atoms with Crippen LogP contribution in [0.3, 0.4) is 0 Å². The number of halogens is 1. The van der Waals surface area contributed by atoms with E-state index in [-0.39, 0.29) is 37.5 Å². The number of carbonyl (C=O) groups is 2. The van der Waals surface area contributed by atoms with Gasteiger partial charge in [0.25, 0.3) is 0 Å². The van der Waals surface area contributed by atoms with Crippen molar-refractivity contribution in [2.75, 3.05) is 13.2 Å². The van der Waals surface area contributed by atoms with Gasteiger partial charge in [-0.15, -0.1) is 0 Å². The van der Waals surface area contributed by atoms with Crippen molar-refractivity contribution in [3.05, 3.63) is 89.0 Å². The first-order valence-corrected chi connectivity index (χ1v) is 9.36. The van der Waals surface area contributed by atoms with E-state index in [0.717, 1.165) is 11.8 Å². The van der Waals surface area contributed by atoms with Crippen LogP contribution in [0.15, 0.2) is 60.9 Å². The van der Waals surface area contributed by atoms with Crippen LogP contribution in [0.4, 0.5) is 4.39 Å². The zero-order chi connectivity index (χ0) is 21.5. The number of rotatable bonds is 8. The Kier molecular flexibility index (Phi) is 7.00. The van der Waals surface area contributed by atoms with Gasteiger partial charge >= 0.3 is 5.97 Å². The molecule has 0 unspecified atom stereocenters. The minimum atomic E-state index is -0.555. The Labute approximate surface area is 173 Å². The molecule has 1 heterocycles. The Balaban J connectivity index is 1.93. The molecule has 0 aliphatic carbocycles. The zero-order valence-corrected chi connectivity index (χ0v) is 16.2. The summed E-state index contributed by atoms with van der Waals surface area (Å²) in [6.07, 6.45) is 2.42. The van der Waals surface area contributed by atoms with E-state index in [1.165, 1.54) is 12.3 Å². The van der Waals surface area contributed by atoms with Crippen LogP contribution in [0.25, 0.3) is 11.1 Å². The Bertz CT molecular complexity index is 1070. The van der Waals surface area contributed by atoms with Crippen molar-refractivity contribution in [1.82, 2.24) is 4.98 Å². The highest BCUT2D eigenvalue weighted by Gasteiger charge is 2.15. The first-order chi connectivity index (χ1) is 14.5. The number of aliphatic hydroxyl groups is 1. The number of ether oxygens (including phenoxy) is 1. The Hall–Kier alpha value is -3.42. The Morgan fingerprint density at radius 1 is 1.07 bits per heavy atom. The zero-order valence-electron chi connectivity index (χ0n) is 16.2. The highest BCUT2D eigenvalue weighted by Crippen LogP contribution is 2.27. The molecule has 0 radical (unpaired) electrons. The molecule has 3 N–H and O–H groups in total. The molecule has 0 aliphatic rings. The summed E-state index contributed by atoms with van der Waals surface area (Å²) in [7, 11) is 0. The van der Waals surface area contributed by atoms with Crippen LogP contribution in [-0.4, -0.2) is 35.1 Å². The summed E-state index contributed by atoms with van der Waals surface area (Å²) in [5.74, 6) is -1.33. The summed E-state index contributed by atoms with van der Waals surface area (Å²) in [5.41, 5.74) is 9.05. The molecule has 0 atom stereocenters. The van der Waals surface area contributed by atoms with E-state index in [1.807, 2.05) is 0 Å². The molecule has 7 heteroatoms. The van der Waals surface area contributed by atoms with Gasteiger partial charge in [-0.3, -0.25) is 9.78 Å². The van der Waals surface area contributed by atoms with Gasteiger partial charge in [-0.05, 0) is 46.5 Å². The van der Waals surface area contributed by atoms with Crippen molar-refractivity contribution < 1.29 is 23.8 Å². The number of hydrogen-bond acceptors (Lipinski definition) is 6. The molecule has 0 bridgehead atoms. The molecule has 0 amide bonds. The third-order valence-electron chi connectivity index (χ3n) is 4.59. The van der Waals surface area contributed by atoms with E-state index in [4.69, 9.17) is 15.6 Å². The van der Waals surface area contributed by atoms with Gasteiger partial charge in [-0.2, -0.15) is 0 Å². The van der Waals surface area contributed by atoms with E-state index in [9.17, 15) is 14.0 Å². The van der Waals surface area contributed by atoms with Gasteiger partial charge in [0.05, 0.1) is 18.4 Å². The van der Waals surface area contributed by atoms with Crippen LogP contribution < -0.4 is 5.73 Å². The number of aromatic nitrogens is 1. The number of aliphatic hydroxyl groups excluding tert-OH is 1. The van der Waals surface area contributed by atoms with Crippen LogP contribution in [0.2, 0.25) is 0 Å². The molecule has 0 aliphatic heterocycles. The molecule has 0 saturated carbocycles. The Morgan fingerprint density at radius 3 is 2.63 bits per heavy atom. The second kappa shape index (κ2) is 9.87. The lowest BCUT2D eigenvalue weighted by Gasteiger charge is -2.12. The van der Waals surface area contributed by atoms with Crippen molar-refractivity contribution in [2.24, 2.45) is 5.73 Å². The molecule has 30 heavy (non-hydrogen) atoms. The fourth-order valence-electron chi connectivity index (χ4n) is 3.05. The van der Waals surface area contributed by atoms with Crippen molar-refractivity contribution in [2.45, 2.75) is 13.0 Å². The maximum atomic E-state index is 13.8. The van der Waals surface area contributed by atoms with Crippen molar-refractivity contribution in [1.29, 1.82) is 0 Å². The first-order valence-electron chi connectivity index (χ1n) is 9.36. The summed E-state index contributed by atoms with van der Waals surface area (Å²) >= 11 is 0. The number of nitrogens with zero attached hydrogens (tertiary/aromatic N) is 1. The maximum absolute atomic E-state index is 13.8. The predicted molar refractivity (Wildman–Crippen MR) is 109 cm³/mol. The van der Waals surface area contributed by atoms with Crippen LogP contribution in [0, 0.1) is 5.82 Å². The molecule has 3 rings (SSSR count). The number of ketones is 1. The third kappa shape index (κ3) is 4.94. The molecule has 154 valence electrons. The second-order valence-electron chi connectivity index (χ2n) is 6.58. The predicted octanol–water partition coefficient (Wildman–Crippen LogP) is 2.92. The second-order valence-corrected chi connectivity index (χ2v) is 6.58. The largest absolute Gasteiger partial charge is 0.460 e. The number of Topliss-reactive ketones (excluding diaryl/α,β-unsaturated/α-hetero) is 1. The first kappa shape index (κ1) is 21.3. The number of carbonyl (C=O) groups excluding carboxylic acids is 2. The van der Waals surface area contributed by atoms with Crippen LogP contribution in [-0.2, 0) is 17.7 Å². The van der Waals surface area contributed by atoms with Crippen LogP contribution >= 0.6 is 0 Å². The number of esters is 1. The molecule has 0 fully saturated rings. The minimum Gasteiger partial charge on any atom is -0.460 e. The van der Waals surface area contributed by atoms with E-state index in [0.29, 0.717) is 22.3 Å². The normalized spacial score (nSPS) is 10.6. The van der Waals surface area contributed by atoms with E-state index in [1.54, 1.807) is 42.5 Å². The average Bonchev–Trinajstić information content (AvgIpc) is 2.78. The van der Waals surface area contributed by atoms with Crippen LogP contribution in [0.5, 0.6) is 0 Å². The van der Waals surface area contributed by atoms with Gasteiger partial charge in [-0.25, -0.2) is 9.18 Å². The van der Waals surface area contributed by atoms with Crippen molar-refractivity contribution >= 4 is 11.8 Å².